The number of guanidine groups is 1. The standard InChI is InChI=1S/C21H39N5O2/c1-18(20(27)25-11-5-6-12-25)24-13-15-26(16-14-24)21(22-2)23-10-7-17-28-19-8-3-4-9-19/h18-19H,3-17H2,1-2H3,(H,22,23). The van der Waals surface area contributed by atoms with Gasteiger partial charge in [-0.25, -0.2) is 0 Å². The lowest BCUT2D eigenvalue weighted by molar-refractivity contribution is -0.135. The maximum Gasteiger partial charge on any atom is 0.239 e. The Kier molecular flexibility index (Phi) is 8.40. The second-order valence-electron chi connectivity index (χ2n) is 8.34. The van der Waals surface area contributed by atoms with Gasteiger partial charge in [0.1, 0.15) is 0 Å². The first-order chi connectivity index (χ1) is 13.7. The van der Waals surface area contributed by atoms with E-state index in [0.717, 1.165) is 77.6 Å². The molecule has 0 aromatic rings. The van der Waals surface area contributed by atoms with Crippen molar-refractivity contribution in [1.82, 2.24) is 20.0 Å². The molecule has 2 saturated heterocycles. The molecule has 0 bridgehead atoms. The van der Waals surface area contributed by atoms with Crippen LogP contribution in [0.15, 0.2) is 4.99 Å². The monoisotopic (exact) mass is 393 g/mol. The Morgan fingerprint density at radius 3 is 2.36 bits per heavy atom. The number of piperazine rings is 1. The Hall–Kier alpha value is -1.34. The SMILES string of the molecule is CN=C(NCCCOC1CCCC1)N1CCN(C(C)C(=O)N2CCCC2)CC1. The number of nitrogens with one attached hydrogen (secondary N) is 1. The van der Waals surface area contributed by atoms with Crippen molar-refractivity contribution in [2.45, 2.75) is 64.0 Å². The quantitative estimate of drug-likeness (QED) is 0.404. The van der Waals surface area contributed by atoms with Crippen LogP contribution >= 0.6 is 0 Å². The first-order valence-corrected chi connectivity index (χ1v) is 11.3. The van der Waals surface area contributed by atoms with Crippen LogP contribution in [0.2, 0.25) is 0 Å². The molecule has 2 aliphatic heterocycles. The molecule has 3 rings (SSSR count). The molecule has 1 saturated carbocycles. The Bertz CT molecular complexity index is 507. The summed E-state index contributed by atoms with van der Waals surface area (Å²) in [7, 11) is 1.85. The lowest BCUT2D eigenvalue weighted by Gasteiger charge is -2.39. The van der Waals surface area contributed by atoms with E-state index >= 15 is 0 Å². The third-order valence-electron chi connectivity index (χ3n) is 6.41. The minimum absolute atomic E-state index is 0.0111. The van der Waals surface area contributed by atoms with Crippen molar-refractivity contribution in [3.63, 3.8) is 0 Å². The van der Waals surface area contributed by atoms with E-state index in [9.17, 15) is 4.79 Å². The molecule has 1 N–H and O–H groups in total. The van der Waals surface area contributed by atoms with Gasteiger partial charge < -0.3 is 19.9 Å². The molecule has 0 spiro atoms. The Morgan fingerprint density at radius 1 is 1.04 bits per heavy atom. The Labute approximate surface area is 170 Å². The number of carbonyl (C=O) groups excluding carboxylic acids is 1. The molecule has 160 valence electrons. The molecular formula is C21H39N5O2. The highest BCUT2D eigenvalue weighted by molar-refractivity contribution is 5.82. The average molecular weight is 394 g/mol. The third-order valence-corrected chi connectivity index (χ3v) is 6.41. The van der Waals surface area contributed by atoms with Gasteiger partial charge in [0.25, 0.3) is 0 Å². The van der Waals surface area contributed by atoms with Gasteiger partial charge in [-0.1, -0.05) is 12.8 Å². The second kappa shape index (κ2) is 11.0. The second-order valence-corrected chi connectivity index (χ2v) is 8.34. The van der Waals surface area contributed by atoms with Gasteiger partial charge in [0.05, 0.1) is 12.1 Å². The van der Waals surface area contributed by atoms with Gasteiger partial charge in [-0.15, -0.1) is 0 Å². The van der Waals surface area contributed by atoms with Crippen LogP contribution in [-0.4, -0.2) is 98.2 Å². The van der Waals surface area contributed by atoms with Crippen molar-refractivity contribution in [2.75, 3.05) is 59.5 Å². The molecule has 0 radical (unpaired) electrons. The number of hydrogen-bond donors (Lipinski definition) is 1. The number of aliphatic imine (C=N–C) groups is 1. The van der Waals surface area contributed by atoms with E-state index in [4.69, 9.17) is 4.74 Å². The summed E-state index contributed by atoms with van der Waals surface area (Å²) < 4.78 is 5.93. The van der Waals surface area contributed by atoms with E-state index in [-0.39, 0.29) is 6.04 Å². The van der Waals surface area contributed by atoms with E-state index in [0.29, 0.717) is 12.0 Å². The molecule has 1 amide bonds. The highest BCUT2D eigenvalue weighted by atomic mass is 16.5. The van der Waals surface area contributed by atoms with Crippen molar-refractivity contribution < 1.29 is 9.53 Å². The predicted octanol–water partition coefficient (Wildman–Crippen LogP) is 1.54. The van der Waals surface area contributed by atoms with Crippen molar-refractivity contribution in [1.29, 1.82) is 0 Å². The summed E-state index contributed by atoms with van der Waals surface area (Å²) in [6, 6.07) is -0.0111. The summed E-state index contributed by atoms with van der Waals surface area (Å²) in [5.41, 5.74) is 0. The normalized spacial score (nSPS) is 23.4. The maximum absolute atomic E-state index is 12.6. The van der Waals surface area contributed by atoms with Crippen molar-refractivity contribution in [2.24, 2.45) is 4.99 Å². The predicted molar refractivity (Wildman–Crippen MR) is 113 cm³/mol. The molecule has 2 heterocycles. The minimum Gasteiger partial charge on any atom is -0.378 e. The van der Waals surface area contributed by atoms with Gasteiger partial charge in [-0.2, -0.15) is 0 Å². The number of rotatable bonds is 7. The van der Waals surface area contributed by atoms with Gasteiger partial charge >= 0.3 is 0 Å². The Balaban J connectivity index is 1.33. The smallest absolute Gasteiger partial charge is 0.239 e. The fourth-order valence-electron chi connectivity index (χ4n) is 4.59. The van der Waals surface area contributed by atoms with Crippen LogP contribution in [0, 0.1) is 0 Å². The van der Waals surface area contributed by atoms with Crippen molar-refractivity contribution in [3.8, 4) is 0 Å². The molecule has 7 nitrogen and oxygen atoms in total. The van der Waals surface area contributed by atoms with Crippen LogP contribution in [0.5, 0.6) is 0 Å². The zero-order valence-corrected chi connectivity index (χ0v) is 17.9. The van der Waals surface area contributed by atoms with E-state index < -0.39 is 0 Å². The molecule has 7 heteroatoms. The fraction of sp³-hybridized carbons (Fsp3) is 0.905. The molecule has 1 atom stereocenters. The van der Waals surface area contributed by atoms with E-state index in [1.165, 1.54) is 25.7 Å². The summed E-state index contributed by atoms with van der Waals surface area (Å²) in [5.74, 6) is 1.27. The molecule has 28 heavy (non-hydrogen) atoms. The minimum atomic E-state index is -0.0111. The first kappa shape index (κ1) is 21.4. The molecular weight excluding hydrogens is 354 g/mol. The number of nitrogens with zero attached hydrogens (tertiary/aromatic N) is 4. The highest BCUT2D eigenvalue weighted by Gasteiger charge is 2.30. The maximum atomic E-state index is 12.6. The largest absolute Gasteiger partial charge is 0.378 e. The van der Waals surface area contributed by atoms with E-state index in [1.807, 2.05) is 11.9 Å². The average Bonchev–Trinajstić information content (AvgIpc) is 3.44. The zero-order chi connectivity index (χ0) is 19.8. The molecule has 1 aliphatic carbocycles. The highest BCUT2D eigenvalue weighted by Crippen LogP contribution is 2.20. The van der Waals surface area contributed by atoms with Crippen LogP contribution in [0.4, 0.5) is 0 Å². The number of ether oxygens (including phenoxy) is 1. The van der Waals surface area contributed by atoms with E-state index in [1.54, 1.807) is 0 Å². The van der Waals surface area contributed by atoms with Crippen molar-refractivity contribution >= 4 is 11.9 Å². The van der Waals surface area contributed by atoms with Crippen LogP contribution in [-0.2, 0) is 9.53 Å². The molecule has 0 aromatic carbocycles. The van der Waals surface area contributed by atoms with Crippen LogP contribution in [0.25, 0.3) is 0 Å². The fourth-order valence-corrected chi connectivity index (χ4v) is 4.59. The van der Waals surface area contributed by atoms with E-state index in [2.05, 4.69) is 27.0 Å². The first-order valence-electron chi connectivity index (χ1n) is 11.3. The number of amides is 1. The summed E-state index contributed by atoms with van der Waals surface area (Å²) in [6.07, 6.45) is 8.93. The van der Waals surface area contributed by atoms with Crippen molar-refractivity contribution in [3.05, 3.63) is 0 Å². The van der Waals surface area contributed by atoms with Gasteiger partial charge in [0.15, 0.2) is 5.96 Å². The lowest BCUT2D eigenvalue weighted by atomic mass is 10.2. The summed E-state index contributed by atoms with van der Waals surface area (Å²) >= 11 is 0. The van der Waals surface area contributed by atoms with Gasteiger partial charge in [-0.3, -0.25) is 14.7 Å². The molecule has 3 fully saturated rings. The summed E-state index contributed by atoms with van der Waals surface area (Å²) in [4.78, 5) is 23.7. The number of carbonyl (C=O) groups is 1. The van der Waals surface area contributed by atoms with Crippen LogP contribution in [0.1, 0.15) is 51.9 Å². The Morgan fingerprint density at radius 2 is 1.71 bits per heavy atom. The topological polar surface area (TPSA) is 60.4 Å². The third kappa shape index (κ3) is 5.83. The van der Waals surface area contributed by atoms with Crippen LogP contribution in [0.3, 0.4) is 0 Å². The number of hydrogen-bond acceptors (Lipinski definition) is 4. The molecule has 3 aliphatic rings. The molecule has 1 unspecified atom stereocenters. The number of likely N-dealkylation sites (tertiary alicyclic amines) is 1. The van der Waals surface area contributed by atoms with Gasteiger partial charge in [-0.05, 0) is 39.0 Å². The zero-order valence-electron chi connectivity index (χ0n) is 17.9. The molecule has 0 aromatic heterocycles. The lowest BCUT2D eigenvalue weighted by Crippen LogP contribution is -2.57. The summed E-state index contributed by atoms with van der Waals surface area (Å²) in [5, 5.41) is 3.48. The summed E-state index contributed by atoms with van der Waals surface area (Å²) in [6.45, 7) is 9.30. The van der Waals surface area contributed by atoms with Gasteiger partial charge in [0.2, 0.25) is 5.91 Å². The van der Waals surface area contributed by atoms with Crippen LogP contribution < -0.4 is 5.32 Å². The van der Waals surface area contributed by atoms with Gasteiger partial charge in [0, 0.05) is 59.5 Å².